The first-order valence-corrected chi connectivity index (χ1v) is 10.3. The van der Waals surface area contributed by atoms with Crippen molar-refractivity contribution in [3.05, 3.63) is 72.4 Å². The van der Waals surface area contributed by atoms with Crippen molar-refractivity contribution in [2.24, 2.45) is 0 Å². The second-order valence-electron chi connectivity index (χ2n) is 7.12. The summed E-state index contributed by atoms with van der Waals surface area (Å²) >= 11 is 0. The summed E-state index contributed by atoms with van der Waals surface area (Å²) < 4.78 is 41.5. The molecule has 0 saturated heterocycles. The first-order valence-electron chi connectivity index (χ1n) is 10.3. The topological polar surface area (TPSA) is 18.5 Å². The van der Waals surface area contributed by atoms with Crippen molar-refractivity contribution in [2.75, 3.05) is 13.2 Å². The van der Waals surface area contributed by atoms with Crippen LogP contribution in [-0.2, 0) is 9.47 Å². The monoisotopic (exact) mass is 390 g/mol. The van der Waals surface area contributed by atoms with Crippen LogP contribution in [0.5, 0.6) is 0 Å². The summed E-state index contributed by atoms with van der Waals surface area (Å²) in [6.07, 6.45) is 11.9. The molecular formula is C24H32F2O2. The Bertz CT molecular complexity index is 654. The van der Waals surface area contributed by atoms with Crippen molar-refractivity contribution in [3.63, 3.8) is 0 Å². The number of halogens is 2. The molecule has 0 N–H and O–H groups in total. The molecule has 154 valence electrons. The molecular weight excluding hydrogens is 358 g/mol. The van der Waals surface area contributed by atoms with E-state index in [-0.39, 0.29) is 6.61 Å². The molecule has 1 aliphatic carbocycles. The highest BCUT2D eigenvalue weighted by Crippen LogP contribution is 2.41. The molecule has 2 atom stereocenters. The number of hydrogen-bond acceptors (Lipinski definition) is 2. The molecule has 0 fully saturated rings. The van der Waals surface area contributed by atoms with Crippen molar-refractivity contribution in [2.45, 2.75) is 63.6 Å². The zero-order valence-electron chi connectivity index (χ0n) is 16.8. The van der Waals surface area contributed by atoms with Crippen LogP contribution >= 0.6 is 0 Å². The first-order chi connectivity index (χ1) is 13.6. The predicted octanol–water partition coefficient (Wildman–Crippen LogP) is 7.16. The lowest BCUT2D eigenvalue weighted by molar-refractivity contribution is -0.192. The maximum Gasteiger partial charge on any atom is 0.245 e. The van der Waals surface area contributed by atoms with Crippen LogP contribution in [0.25, 0.3) is 0 Å². The van der Waals surface area contributed by atoms with E-state index < -0.39 is 23.4 Å². The molecule has 2 unspecified atom stereocenters. The quantitative estimate of drug-likeness (QED) is 0.202. The smallest absolute Gasteiger partial charge is 0.245 e. The second-order valence-corrected chi connectivity index (χ2v) is 7.12. The van der Waals surface area contributed by atoms with Gasteiger partial charge in [0.15, 0.2) is 5.83 Å². The molecule has 1 aliphatic rings. The maximum absolute atomic E-state index is 15.1. The van der Waals surface area contributed by atoms with Crippen molar-refractivity contribution in [1.29, 1.82) is 0 Å². The molecule has 0 heterocycles. The van der Waals surface area contributed by atoms with Crippen molar-refractivity contribution in [3.8, 4) is 0 Å². The molecule has 0 spiro atoms. The molecule has 0 aliphatic heterocycles. The lowest BCUT2D eigenvalue weighted by Gasteiger charge is -2.33. The molecule has 2 nitrogen and oxygen atoms in total. The van der Waals surface area contributed by atoms with E-state index in [1.165, 1.54) is 25.3 Å². The summed E-state index contributed by atoms with van der Waals surface area (Å²) in [6.45, 7) is 6.35. The summed E-state index contributed by atoms with van der Waals surface area (Å²) in [6, 6.07) is 9.03. The van der Waals surface area contributed by atoms with E-state index in [1.54, 1.807) is 24.3 Å². The minimum atomic E-state index is -1.78. The molecule has 0 radical (unpaired) electrons. The van der Waals surface area contributed by atoms with Gasteiger partial charge in [0, 0.05) is 0 Å². The Labute approximate surface area is 167 Å². The predicted molar refractivity (Wildman–Crippen MR) is 110 cm³/mol. The van der Waals surface area contributed by atoms with Gasteiger partial charge in [-0.3, -0.25) is 0 Å². The Morgan fingerprint density at radius 1 is 1.00 bits per heavy atom. The van der Waals surface area contributed by atoms with Gasteiger partial charge in [0.25, 0.3) is 0 Å². The van der Waals surface area contributed by atoms with Crippen molar-refractivity contribution < 1.29 is 18.3 Å². The first kappa shape index (κ1) is 22.5. The summed E-state index contributed by atoms with van der Waals surface area (Å²) in [4.78, 5) is 0. The number of ether oxygens (including phenoxy) is 2. The standard InChI is InChI=1S/C24H32F2O2/c1-3-5-7-8-9-13-19-28-24(27-18-6-4-2)17-16-21(22(25)23(24)26)20-14-11-10-12-15-20/h4,10-12,14-17,21H,2-3,5-9,13,18-19H2,1H3. The molecule has 4 heteroatoms. The van der Waals surface area contributed by atoms with Gasteiger partial charge in [0.1, 0.15) is 5.83 Å². The van der Waals surface area contributed by atoms with Gasteiger partial charge in [0.05, 0.1) is 19.1 Å². The number of allylic oxidation sites excluding steroid dienone is 2. The SMILES string of the molecule is C=CCCOC1(OCCCCCCCC)C=CC(c2ccccc2)C(F)=C1F. The van der Waals surface area contributed by atoms with Gasteiger partial charge in [-0.1, -0.05) is 81.5 Å². The van der Waals surface area contributed by atoms with Gasteiger partial charge in [-0.25, -0.2) is 8.78 Å². The summed E-state index contributed by atoms with van der Waals surface area (Å²) in [5, 5.41) is 0. The fraction of sp³-hybridized carbons (Fsp3) is 0.500. The molecule has 28 heavy (non-hydrogen) atoms. The van der Waals surface area contributed by atoms with Gasteiger partial charge in [0.2, 0.25) is 5.79 Å². The largest absolute Gasteiger partial charge is 0.341 e. The fourth-order valence-electron chi connectivity index (χ4n) is 3.27. The van der Waals surface area contributed by atoms with Crippen molar-refractivity contribution in [1.82, 2.24) is 0 Å². The lowest BCUT2D eigenvalue weighted by atomic mass is 9.91. The van der Waals surface area contributed by atoms with Gasteiger partial charge < -0.3 is 9.47 Å². The summed E-state index contributed by atoms with van der Waals surface area (Å²) in [5.41, 5.74) is 0.696. The highest BCUT2D eigenvalue weighted by molar-refractivity contribution is 5.39. The van der Waals surface area contributed by atoms with E-state index in [4.69, 9.17) is 9.47 Å². The van der Waals surface area contributed by atoms with Crippen LogP contribution in [-0.4, -0.2) is 19.0 Å². The van der Waals surface area contributed by atoms with E-state index in [0.717, 1.165) is 19.3 Å². The zero-order valence-corrected chi connectivity index (χ0v) is 16.8. The number of rotatable bonds is 13. The molecule has 1 aromatic rings. The van der Waals surface area contributed by atoms with Crippen LogP contribution in [0.4, 0.5) is 8.78 Å². The Hall–Kier alpha value is -1.78. The third-order valence-corrected chi connectivity index (χ3v) is 4.91. The van der Waals surface area contributed by atoms with Gasteiger partial charge in [-0.15, -0.1) is 6.58 Å². The molecule has 0 bridgehead atoms. The van der Waals surface area contributed by atoms with Crippen LogP contribution in [0, 0.1) is 0 Å². The third-order valence-electron chi connectivity index (χ3n) is 4.91. The number of hydrogen-bond donors (Lipinski definition) is 0. The van der Waals surface area contributed by atoms with E-state index in [2.05, 4.69) is 13.5 Å². The third kappa shape index (κ3) is 6.11. The minimum Gasteiger partial charge on any atom is -0.341 e. The second kappa shape index (κ2) is 11.9. The van der Waals surface area contributed by atoms with Crippen LogP contribution in [0.3, 0.4) is 0 Å². The van der Waals surface area contributed by atoms with Gasteiger partial charge in [-0.2, -0.15) is 0 Å². The summed E-state index contributed by atoms with van der Waals surface area (Å²) in [5.74, 6) is -4.37. The highest BCUT2D eigenvalue weighted by Gasteiger charge is 2.42. The maximum atomic E-state index is 15.1. The number of unbranched alkanes of at least 4 members (excludes halogenated alkanes) is 5. The molecule has 0 amide bonds. The van der Waals surface area contributed by atoms with Crippen LogP contribution in [0.15, 0.2) is 66.8 Å². The Morgan fingerprint density at radius 2 is 1.68 bits per heavy atom. The van der Waals surface area contributed by atoms with Crippen LogP contribution in [0.1, 0.15) is 63.4 Å². The molecule has 0 saturated carbocycles. The molecule has 2 rings (SSSR count). The average Bonchev–Trinajstić information content (AvgIpc) is 2.72. The van der Waals surface area contributed by atoms with Crippen LogP contribution in [0.2, 0.25) is 0 Å². The van der Waals surface area contributed by atoms with E-state index in [9.17, 15) is 4.39 Å². The number of benzene rings is 1. The fourth-order valence-corrected chi connectivity index (χ4v) is 3.27. The van der Waals surface area contributed by atoms with Crippen molar-refractivity contribution >= 4 is 0 Å². The average molecular weight is 391 g/mol. The summed E-state index contributed by atoms with van der Waals surface area (Å²) in [7, 11) is 0. The Kier molecular flexibility index (Phi) is 9.59. The van der Waals surface area contributed by atoms with E-state index >= 15 is 4.39 Å². The zero-order chi connectivity index (χ0) is 20.2. The van der Waals surface area contributed by atoms with Gasteiger partial charge >= 0.3 is 0 Å². The van der Waals surface area contributed by atoms with Gasteiger partial charge in [-0.05, 0) is 24.5 Å². The minimum absolute atomic E-state index is 0.209. The highest BCUT2D eigenvalue weighted by atomic mass is 19.2. The Balaban J connectivity index is 2.06. The molecule has 1 aromatic carbocycles. The normalized spacial score (nSPS) is 21.9. The van der Waals surface area contributed by atoms with E-state index in [1.807, 2.05) is 18.2 Å². The van der Waals surface area contributed by atoms with Crippen LogP contribution < -0.4 is 0 Å². The molecule has 0 aromatic heterocycles. The Morgan fingerprint density at radius 3 is 2.39 bits per heavy atom. The lowest BCUT2D eigenvalue weighted by Crippen LogP contribution is -2.38. The van der Waals surface area contributed by atoms with E-state index in [0.29, 0.717) is 18.6 Å².